The minimum Gasteiger partial charge on any atom is -0.392 e. The standard InChI is InChI=1S/C15H23NO/c1-12-6-2-5-9-15(12)16-10-13-7-3-4-8-14(13)11-17/h3-4,7-8,12,15-17H,2,5-6,9-11H2,1H3. The topological polar surface area (TPSA) is 32.3 Å². The fraction of sp³-hybridized carbons (Fsp3) is 0.600. The van der Waals surface area contributed by atoms with Gasteiger partial charge in [-0.25, -0.2) is 0 Å². The second kappa shape index (κ2) is 6.18. The molecule has 2 unspecified atom stereocenters. The zero-order valence-electron chi connectivity index (χ0n) is 10.7. The van der Waals surface area contributed by atoms with Crippen molar-refractivity contribution in [2.75, 3.05) is 0 Å². The molecule has 0 aliphatic heterocycles. The fourth-order valence-electron chi connectivity index (χ4n) is 2.74. The highest BCUT2D eigenvalue weighted by atomic mass is 16.3. The number of aliphatic hydroxyl groups is 1. The third kappa shape index (κ3) is 3.30. The third-order valence-corrected chi connectivity index (χ3v) is 3.95. The second-order valence-corrected chi connectivity index (χ2v) is 5.18. The van der Waals surface area contributed by atoms with Crippen LogP contribution < -0.4 is 5.32 Å². The van der Waals surface area contributed by atoms with Gasteiger partial charge in [-0.1, -0.05) is 44.0 Å². The molecule has 2 rings (SSSR count). The number of benzene rings is 1. The van der Waals surface area contributed by atoms with E-state index in [0.717, 1.165) is 18.0 Å². The summed E-state index contributed by atoms with van der Waals surface area (Å²) >= 11 is 0. The summed E-state index contributed by atoms with van der Waals surface area (Å²) < 4.78 is 0. The van der Waals surface area contributed by atoms with Crippen LogP contribution in [-0.4, -0.2) is 11.1 Å². The average molecular weight is 233 g/mol. The Labute approximate surface area is 104 Å². The first-order valence-corrected chi connectivity index (χ1v) is 6.72. The molecule has 0 spiro atoms. The summed E-state index contributed by atoms with van der Waals surface area (Å²) in [6.45, 7) is 3.36. The maximum atomic E-state index is 9.28. The van der Waals surface area contributed by atoms with Crippen LogP contribution in [0, 0.1) is 5.92 Å². The summed E-state index contributed by atoms with van der Waals surface area (Å²) in [6, 6.07) is 8.78. The fourth-order valence-corrected chi connectivity index (χ4v) is 2.74. The maximum absolute atomic E-state index is 9.28. The summed E-state index contributed by atoms with van der Waals surface area (Å²) in [4.78, 5) is 0. The molecular formula is C15H23NO. The van der Waals surface area contributed by atoms with Crippen molar-refractivity contribution in [3.05, 3.63) is 35.4 Å². The Morgan fingerprint density at radius 1 is 1.18 bits per heavy atom. The predicted molar refractivity (Wildman–Crippen MR) is 70.6 cm³/mol. The molecule has 1 aromatic rings. The average Bonchev–Trinajstić information content (AvgIpc) is 2.38. The molecule has 0 heterocycles. The van der Waals surface area contributed by atoms with E-state index in [0.29, 0.717) is 6.04 Å². The number of hydrogen-bond donors (Lipinski definition) is 2. The molecule has 1 aliphatic rings. The van der Waals surface area contributed by atoms with Crippen LogP contribution >= 0.6 is 0 Å². The Balaban J connectivity index is 1.92. The molecule has 1 fully saturated rings. The maximum Gasteiger partial charge on any atom is 0.0685 e. The van der Waals surface area contributed by atoms with Crippen molar-refractivity contribution < 1.29 is 5.11 Å². The van der Waals surface area contributed by atoms with Gasteiger partial charge in [-0.2, -0.15) is 0 Å². The van der Waals surface area contributed by atoms with Crippen molar-refractivity contribution in [2.45, 2.75) is 51.8 Å². The van der Waals surface area contributed by atoms with Gasteiger partial charge in [-0.05, 0) is 29.9 Å². The van der Waals surface area contributed by atoms with Gasteiger partial charge in [0.05, 0.1) is 6.61 Å². The zero-order valence-corrected chi connectivity index (χ0v) is 10.7. The lowest BCUT2D eigenvalue weighted by Crippen LogP contribution is -2.36. The largest absolute Gasteiger partial charge is 0.392 e. The highest BCUT2D eigenvalue weighted by Gasteiger charge is 2.20. The Hall–Kier alpha value is -0.860. The second-order valence-electron chi connectivity index (χ2n) is 5.18. The van der Waals surface area contributed by atoms with E-state index in [1.807, 2.05) is 18.2 Å². The Kier molecular flexibility index (Phi) is 4.57. The minimum atomic E-state index is 0.137. The van der Waals surface area contributed by atoms with E-state index < -0.39 is 0 Å². The predicted octanol–water partition coefficient (Wildman–Crippen LogP) is 2.85. The van der Waals surface area contributed by atoms with Gasteiger partial charge < -0.3 is 10.4 Å². The molecular weight excluding hydrogens is 210 g/mol. The van der Waals surface area contributed by atoms with Crippen molar-refractivity contribution in [1.29, 1.82) is 0 Å². The highest BCUT2D eigenvalue weighted by Crippen LogP contribution is 2.24. The first kappa shape index (κ1) is 12.6. The van der Waals surface area contributed by atoms with Crippen LogP contribution in [0.3, 0.4) is 0 Å². The van der Waals surface area contributed by atoms with E-state index >= 15 is 0 Å². The van der Waals surface area contributed by atoms with Gasteiger partial charge in [0.25, 0.3) is 0 Å². The number of hydrogen-bond acceptors (Lipinski definition) is 2. The molecule has 0 radical (unpaired) electrons. The summed E-state index contributed by atoms with van der Waals surface area (Å²) in [5.41, 5.74) is 2.27. The smallest absolute Gasteiger partial charge is 0.0685 e. The van der Waals surface area contributed by atoms with Crippen molar-refractivity contribution in [3.63, 3.8) is 0 Å². The molecule has 94 valence electrons. The lowest BCUT2D eigenvalue weighted by atomic mass is 9.86. The third-order valence-electron chi connectivity index (χ3n) is 3.95. The minimum absolute atomic E-state index is 0.137. The van der Waals surface area contributed by atoms with Gasteiger partial charge >= 0.3 is 0 Å². The normalized spacial score (nSPS) is 24.8. The number of nitrogens with one attached hydrogen (secondary N) is 1. The van der Waals surface area contributed by atoms with E-state index in [9.17, 15) is 5.11 Å². The SMILES string of the molecule is CC1CCCCC1NCc1ccccc1CO. The van der Waals surface area contributed by atoms with Crippen molar-refractivity contribution in [3.8, 4) is 0 Å². The van der Waals surface area contributed by atoms with Gasteiger partial charge in [0, 0.05) is 12.6 Å². The molecule has 1 saturated carbocycles. The van der Waals surface area contributed by atoms with Gasteiger partial charge in [0.2, 0.25) is 0 Å². The van der Waals surface area contributed by atoms with E-state index in [1.54, 1.807) is 0 Å². The monoisotopic (exact) mass is 233 g/mol. The Morgan fingerprint density at radius 3 is 2.59 bits per heavy atom. The van der Waals surface area contributed by atoms with Gasteiger partial charge in [0.15, 0.2) is 0 Å². The molecule has 17 heavy (non-hydrogen) atoms. The van der Waals surface area contributed by atoms with Crippen LogP contribution in [0.25, 0.3) is 0 Å². The molecule has 2 heteroatoms. The summed E-state index contributed by atoms with van der Waals surface area (Å²) in [7, 11) is 0. The van der Waals surface area contributed by atoms with E-state index in [1.165, 1.54) is 31.2 Å². The summed E-state index contributed by atoms with van der Waals surface area (Å²) in [5, 5.41) is 12.9. The quantitative estimate of drug-likeness (QED) is 0.838. The Bertz CT molecular complexity index is 351. The molecule has 0 saturated heterocycles. The van der Waals surface area contributed by atoms with Crippen LogP contribution in [0.15, 0.2) is 24.3 Å². The first-order valence-electron chi connectivity index (χ1n) is 6.72. The van der Waals surface area contributed by atoms with E-state index in [2.05, 4.69) is 18.3 Å². The summed E-state index contributed by atoms with van der Waals surface area (Å²) in [5.74, 6) is 0.782. The van der Waals surface area contributed by atoms with Gasteiger partial charge in [0.1, 0.15) is 0 Å². The molecule has 1 aliphatic carbocycles. The number of rotatable bonds is 4. The molecule has 2 nitrogen and oxygen atoms in total. The van der Waals surface area contributed by atoms with Crippen LogP contribution in [0.5, 0.6) is 0 Å². The van der Waals surface area contributed by atoms with Crippen LogP contribution in [0.2, 0.25) is 0 Å². The van der Waals surface area contributed by atoms with Crippen LogP contribution in [0.1, 0.15) is 43.7 Å². The lowest BCUT2D eigenvalue weighted by Gasteiger charge is -2.30. The molecule has 0 aromatic heterocycles. The lowest BCUT2D eigenvalue weighted by molar-refractivity contribution is 0.271. The van der Waals surface area contributed by atoms with Gasteiger partial charge in [-0.3, -0.25) is 0 Å². The molecule has 2 atom stereocenters. The molecule has 0 bridgehead atoms. The van der Waals surface area contributed by atoms with Crippen molar-refractivity contribution in [2.24, 2.45) is 5.92 Å². The van der Waals surface area contributed by atoms with Gasteiger partial charge in [-0.15, -0.1) is 0 Å². The number of aliphatic hydroxyl groups excluding tert-OH is 1. The zero-order chi connectivity index (χ0) is 12.1. The first-order chi connectivity index (χ1) is 8.31. The molecule has 1 aromatic carbocycles. The van der Waals surface area contributed by atoms with Crippen LogP contribution in [-0.2, 0) is 13.2 Å². The summed E-state index contributed by atoms with van der Waals surface area (Å²) in [6.07, 6.45) is 5.37. The van der Waals surface area contributed by atoms with Crippen molar-refractivity contribution in [1.82, 2.24) is 5.32 Å². The van der Waals surface area contributed by atoms with E-state index in [-0.39, 0.29) is 6.61 Å². The van der Waals surface area contributed by atoms with Crippen molar-refractivity contribution >= 4 is 0 Å². The molecule has 2 N–H and O–H groups in total. The van der Waals surface area contributed by atoms with Crippen LogP contribution in [0.4, 0.5) is 0 Å². The highest BCUT2D eigenvalue weighted by molar-refractivity contribution is 5.26. The van der Waals surface area contributed by atoms with E-state index in [4.69, 9.17) is 0 Å². The molecule has 0 amide bonds. The Morgan fingerprint density at radius 2 is 1.88 bits per heavy atom.